The summed E-state index contributed by atoms with van der Waals surface area (Å²) in [7, 11) is -0.394. The van der Waals surface area contributed by atoms with Gasteiger partial charge in [0.1, 0.15) is 5.75 Å². The van der Waals surface area contributed by atoms with E-state index in [1.54, 1.807) is 36.0 Å². The number of sulfonamides is 1. The second-order valence-corrected chi connectivity index (χ2v) is 8.81. The van der Waals surface area contributed by atoms with Crippen molar-refractivity contribution in [2.45, 2.75) is 28.9 Å². The van der Waals surface area contributed by atoms with Gasteiger partial charge < -0.3 is 4.74 Å². The number of benzene rings is 1. The lowest BCUT2D eigenvalue weighted by Gasteiger charge is -2.12. The summed E-state index contributed by atoms with van der Waals surface area (Å²) in [4.78, 5) is 0.248. The fraction of sp³-hybridized carbons (Fsp3) is 0.500. The standard InChI is InChI=1S/C14H19N5O3S2/c1-18(2)24(20,21)13-7-5-12(6-8-13)22-9-10-23-14-15-16-17-19(14)11-3-4-11/h5-8,11H,3-4,9-10H2,1-2H3. The molecule has 130 valence electrons. The molecule has 1 aromatic carbocycles. The molecule has 0 amide bonds. The van der Waals surface area contributed by atoms with Gasteiger partial charge in [-0.05, 0) is 47.5 Å². The summed E-state index contributed by atoms with van der Waals surface area (Å²) in [5.41, 5.74) is 0. The van der Waals surface area contributed by atoms with Crippen LogP contribution in [0.2, 0.25) is 0 Å². The summed E-state index contributed by atoms with van der Waals surface area (Å²) >= 11 is 1.55. The predicted octanol–water partition coefficient (Wildman–Crippen LogP) is 1.43. The number of aromatic nitrogens is 4. The molecule has 2 aromatic rings. The third-order valence-electron chi connectivity index (χ3n) is 3.54. The molecule has 1 aromatic heterocycles. The SMILES string of the molecule is CN(C)S(=O)(=O)c1ccc(OCCSc2nnnn2C2CC2)cc1. The Kier molecular flexibility index (Phi) is 5.07. The molecule has 10 heteroatoms. The second kappa shape index (κ2) is 7.08. The van der Waals surface area contributed by atoms with Gasteiger partial charge in [0.15, 0.2) is 0 Å². The van der Waals surface area contributed by atoms with Crippen LogP contribution in [0.15, 0.2) is 34.3 Å². The molecule has 0 spiro atoms. The maximum absolute atomic E-state index is 12.0. The zero-order chi connectivity index (χ0) is 17.2. The Hall–Kier alpha value is -1.65. The number of hydrogen-bond donors (Lipinski definition) is 0. The lowest BCUT2D eigenvalue weighted by molar-refractivity contribution is 0.343. The lowest BCUT2D eigenvalue weighted by atomic mass is 10.3. The molecule has 0 saturated heterocycles. The van der Waals surface area contributed by atoms with Crippen LogP contribution in [0.3, 0.4) is 0 Å². The first-order chi connectivity index (χ1) is 11.5. The first-order valence-electron chi connectivity index (χ1n) is 7.54. The molecule has 0 N–H and O–H groups in total. The van der Waals surface area contributed by atoms with E-state index in [0.29, 0.717) is 24.2 Å². The highest BCUT2D eigenvalue weighted by atomic mass is 32.2. The zero-order valence-corrected chi connectivity index (χ0v) is 15.1. The highest BCUT2D eigenvalue weighted by Crippen LogP contribution is 2.36. The maximum Gasteiger partial charge on any atom is 0.242 e. The van der Waals surface area contributed by atoms with E-state index in [1.807, 2.05) is 4.68 Å². The average Bonchev–Trinajstić information content (AvgIpc) is 3.30. The van der Waals surface area contributed by atoms with Crippen LogP contribution < -0.4 is 4.74 Å². The number of ether oxygens (including phenoxy) is 1. The Morgan fingerprint density at radius 2 is 2.00 bits per heavy atom. The van der Waals surface area contributed by atoms with Crippen molar-refractivity contribution in [2.75, 3.05) is 26.5 Å². The normalized spacial score (nSPS) is 15.0. The fourth-order valence-corrected chi connectivity index (χ4v) is 3.70. The van der Waals surface area contributed by atoms with Crippen LogP contribution in [0, 0.1) is 0 Å². The molecule has 0 aliphatic heterocycles. The number of tetrazole rings is 1. The molecule has 1 fully saturated rings. The van der Waals surface area contributed by atoms with Crippen molar-refractivity contribution in [2.24, 2.45) is 0 Å². The summed E-state index contributed by atoms with van der Waals surface area (Å²) in [5, 5.41) is 12.5. The third kappa shape index (κ3) is 3.87. The average molecular weight is 369 g/mol. The first kappa shape index (κ1) is 17.2. The van der Waals surface area contributed by atoms with Gasteiger partial charge in [0, 0.05) is 19.8 Å². The monoisotopic (exact) mass is 369 g/mol. The molecule has 3 rings (SSSR count). The second-order valence-electron chi connectivity index (χ2n) is 5.59. The smallest absolute Gasteiger partial charge is 0.242 e. The van der Waals surface area contributed by atoms with Crippen molar-refractivity contribution in [3.63, 3.8) is 0 Å². The highest BCUT2D eigenvalue weighted by Gasteiger charge is 2.27. The first-order valence-corrected chi connectivity index (χ1v) is 9.97. The van der Waals surface area contributed by atoms with Crippen molar-refractivity contribution in [1.29, 1.82) is 0 Å². The van der Waals surface area contributed by atoms with Crippen LogP contribution in [0.4, 0.5) is 0 Å². The van der Waals surface area contributed by atoms with Crippen molar-refractivity contribution in [3.05, 3.63) is 24.3 Å². The van der Waals surface area contributed by atoms with E-state index in [0.717, 1.165) is 18.0 Å². The minimum atomic E-state index is -3.41. The van der Waals surface area contributed by atoms with Crippen molar-refractivity contribution in [1.82, 2.24) is 24.5 Å². The minimum Gasteiger partial charge on any atom is -0.493 e. The van der Waals surface area contributed by atoms with Gasteiger partial charge in [-0.3, -0.25) is 0 Å². The van der Waals surface area contributed by atoms with Gasteiger partial charge in [0.25, 0.3) is 0 Å². The Morgan fingerprint density at radius 3 is 2.62 bits per heavy atom. The Balaban J connectivity index is 1.49. The molecule has 0 unspecified atom stereocenters. The quantitative estimate of drug-likeness (QED) is 0.513. The molecule has 1 heterocycles. The van der Waals surface area contributed by atoms with Crippen LogP contribution in [0.25, 0.3) is 0 Å². The minimum absolute atomic E-state index is 0.248. The number of nitrogens with zero attached hydrogens (tertiary/aromatic N) is 5. The van der Waals surface area contributed by atoms with Crippen LogP contribution in [-0.2, 0) is 10.0 Å². The molecular formula is C14H19N5O3S2. The van der Waals surface area contributed by atoms with E-state index in [1.165, 1.54) is 18.4 Å². The molecule has 1 aliphatic rings. The Bertz CT molecular complexity index is 785. The van der Waals surface area contributed by atoms with Gasteiger partial charge in [0.05, 0.1) is 17.5 Å². The topological polar surface area (TPSA) is 90.2 Å². The van der Waals surface area contributed by atoms with Crippen molar-refractivity contribution < 1.29 is 13.2 Å². The molecule has 0 atom stereocenters. The summed E-state index contributed by atoms with van der Waals surface area (Å²) in [5.74, 6) is 1.35. The van der Waals surface area contributed by atoms with Gasteiger partial charge in [-0.15, -0.1) is 5.10 Å². The maximum atomic E-state index is 12.0. The molecule has 0 radical (unpaired) electrons. The Morgan fingerprint density at radius 1 is 1.29 bits per heavy atom. The fourth-order valence-electron chi connectivity index (χ4n) is 2.04. The van der Waals surface area contributed by atoms with E-state index in [4.69, 9.17) is 4.74 Å². The van der Waals surface area contributed by atoms with Gasteiger partial charge in [0.2, 0.25) is 15.2 Å². The molecule has 24 heavy (non-hydrogen) atoms. The zero-order valence-electron chi connectivity index (χ0n) is 13.5. The van der Waals surface area contributed by atoms with Crippen LogP contribution in [0.1, 0.15) is 18.9 Å². The third-order valence-corrected chi connectivity index (χ3v) is 6.27. The van der Waals surface area contributed by atoms with Crippen molar-refractivity contribution in [3.8, 4) is 5.75 Å². The number of hydrogen-bond acceptors (Lipinski definition) is 7. The Labute approximate surface area is 145 Å². The van der Waals surface area contributed by atoms with E-state index < -0.39 is 10.0 Å². The van der Waals surface area contributed by atoms with E-state index in [9.17, 15) is 8.42 Å². The van der Waals surface area contributed by atoms with Gasteiger partial charge in [-0.1, -0.05) is 11.8 Å². The molecule has 0 bridgehead atoms. The van der Waals surface area contributed by atoms with Crippen LogP contribution in [0.5, 0.6) is 5.75 Å². The van der Waals surface area contributed by atoms with Crippen LogP contribution in [-0.4, -0.2) is 59.4 Å². The summed E-state index contributed by atoms with van der Waals surface area (Å²) in [6.45, 7) is 0.488. The van der Waals surface area contributed by atoms with E-state index in [-0.39, 0.29) is 4.90 Å². The highest BCUT2D eigenvalue weighted by molar-refractivity contribution is 7.99. The summed E-state index contributed by atoms with van der Waals surface area (Å²) < 4.78 is 32.7. The molecule has 1 aliphatic carbocycles. The van der Waals surface area contributed by atoms with E-state index >= 15 is 0 Å². The summed E-state index contributed by atoms with van der Waals surface area (Å²) in [6.07, 6.45) is 2.27. The number of thioether (sulfide) groups is 1. The van der Waals surface area contributed by atoms with Gasteiger partial charge >= 0.3 is 0 Å². The molecule has 8 nitrogen and oxygen atoms in total. The van der Waals surface area contributed by atoms with Gasteiger partial charge in [-0.25, -0.2) is 17.4 Å². The largest absolute Gasteiger partial charge is 0.493 e. The molecule has 1 saturated carbocycles. The van der Waals surface area contributed by atoms with Crippen LogP contribution >= 0.6 is 11.8 Å². The lowest BCUT2D eigenvalue weighted by Crippen LogP contribution is -2.22. The predicted molar refractivity (Wildman–Crippen MR) is 89.6 cm³/mol. The molecular weight excluding hydrogens is 350 g/mol. The summed E-state index contributed by atoms with van der Waals surface area (Å²) in [6, 6.07) is 6.87. The van der Waals surface area contributed by atoms with Crippen molar-refractivity contribution >= 4 is 21.8 Å². The van der Waals surface area contributed by atoms with Gasteiger partial charge in [-0.2, -0.15) is 0 Å². The van der Waals surface area contributed by atoms with E-state index in [2.05, 4.69) is 15.5 Å². The number of rotatable bonds is 8.